The molecule has 3 rings (SSSR count). The summed E-state index contributed by atoms with van der Waals surface area (Å²) in [6.45, 7) is 13.7. The first-order valence-corrected chi connectivity index (χ1v) is 11.7. The number of halogens is 3. The third kappa shape index (κ3) is 7.82. The zero-order valence-corrected chi connectivity index (χ0v) is 21.0. The molecule has 0 aliphatic carbocycles. The van der Waals surface area contributed by atoms with Crippen LogP contribution in [0.15, 0.2) is 83.9 Å². The van der Waals surface area contributed by atoms with Crippen LogP contribution in [0.1, 0.15) is 26.3 Å². The zero-order chi connectivity index (χ0) is 27.0. The standard InChI is InChI=1S/C28H30F3N3O3/c1-6-8-20(7-2)17-35-16-19(5)32-23-12-9-21(10-13-23)27-33-26(34-37-27)22-11-14-25(36-18(3)4)24(15-22)28(29,30)31/h6-15,18-19,32H,1-2,16-17H2,3-5H3. The van der Waals surface area contributed by atoms with Gasteiger partial charge < -0.3 is 19.3 Å². The monoisotopic (exact) mass is 513 g/mol. The number of anilines is 1. The van der Waals surface area contributed by atoms with Gasteiger partial charge in [0.2, 0.25) is 5.82 Å². The molecule has 1 aromatic heterocycles. The van der Waals surface area contributed by atoms with Crippen molar-refractivity contribution in [2.24, 2.45) is 0 Å². The van der Waals surface area contributed by atoms with Crippen LogP contribution < -0.4 is 10.1 Å². The first kappa shape index (κ1) is 27.7. The van der Waals surface area contributed by atoms with Gasteiger partial charge in [-0.05, 0) is 68.8 Å². The number of ether oxygens (including phenoxy) is 2. The second kappa shape index (κ2) is 12.4. The minimum atomic E-state index is -4.59. The summed E-state index contributed by atoms with van der Waals surface area (Å²) >= 11 is 0. The van der Waals surface area contributed by atoms with Crippen molar-refractivity contribution in [2.75, 3.05) is 18.5 Å². The molecule has 9 heteroatoms. The first-order valence-electron chi connectivity index (χ1n) is 11.7. The lowest BCUT2D eigenvalue weighted by atomic mass is 10.1. The summed E-state index contributed by atoms with van der Waals surface area (Å²) in [5, 5.41) is 7.21. The minimum absolute atomic E-state index is 0.0427. The molecule has 1 atom stereocenters. The molecule has 1 heterocycles. The Bertz CT molecular complexity index is 1230. The predicted octanol–water partition coefficient (Wildman–Crippen LogP) is 7.33. The third-order valence-corrected chi connectivity index (χ3v) is 5.11. The highest BCUT2D eigenvalue weighted by atomic mass is 19.4. The van der Waals surface area contributed by atoms with E-state index in [0.29, 0.717) is 18.8 Å². The molecule has 196 valence electrons. The molecule has 0 saturated carbocycles. The largest absolute Gasteiger partial charge is 0.490 e. The highest BCUT2D eigenvalue weighted by Crippen LogP contribution is 2.39. The van der Waals surface area contributed by atoms with E-state index in [1.165, 1.54) is 12.1 Å². The molecule has 6 nitrogen and oxygen atoms in total. The van der Waals surface area contributed by atoms with E-state index < -0.39 is 17.8 Å². The van der Waals surface area contributed by atoms with Crippen molar-refractivity contribution in [2.45, 2.75) is 39.1 Å². The van der Waals surface area contributed by atoms with Gasteiger partial charge in [0.25, 0.3) is 5.89 Å². The molecule has 0 radical (unpaired) electrons. The van der Waals surface area contributed by atoms with Crippen LogP contribution in [0.5, 0.6) is 5.75 Å². The quantitative estimate of drug-likeness (QED) is 0.256. The second-order valence-corrected chi connectivity index (χ2v) is 8.62. The molecule has 1 N–H and O–H groups in total. The maximum absolute atomic E-state index is 13.6. The van der Waals surface area contributed by atoms with Crippen molar-refractivity contribution in [3.05, 3.63) is 85.0 Å². The molecule has 3 aromatic rings. The molecule has 0 amide bonds. The molecule has 0 fully saturated rings. The summed E-state index contributed by atoms with van der Waals surface area (Å²) in [5.41, 5.74) is 1.72. The fourth-order valence-electron chi connectivity index (χ4n) is 3.42. The molecule has 0 aliphatic heterocycles. The number of nitrogens with zero attached hydrogens (tertiary/aromatic N) is 2. The van der Waals surface area contributed by atoms with Gasteiger partial charge in [-0.1, -0.05) is 36.5 Å². The summed E-state index contributed by atoms with van der Waals surface area (Å²) in [7, 11) is 0. The molecular formula is C28H30F3N3O3. The van der Waals surface area contributed by atoms with Crippen molar-refractivity contribution < 1.29 is 27.2 Å². The van der Waals surface area contributed by atoms with E-state index in [2.05, 4.69) is 28.6 Å². The summed E-state index contributed by atoms with van der Waals surface area (Å²) in [5.74, 6) is 0.000911. The van der Waals surface area contributed by atoms with Crippen molar-refractivity contribution in [1.82, 2.24) is 10.1 Å². The maximum atomic E-state index is 13.6. The van der Waals surface area contributed by atoms with Crippen LogP contribution in [0.4, 0.5) is 18.9 Å². The summed E-state index contributed by atoms with van der Waals surface area (Å²) in [6.07, 6.45) is 0.273. The average Bonchev–Trinajstić information content (AvgIpc) is 3.33. The van der Waals surface area contributed by atoms with Gasteiger partial charge in [0.15, 0.2) is 0 Å². The highest BCUT2D eigenvalue weighted by Gasteiger charge is 2.35. The van der Waals surface area contributed by atoms with Crippen molar-refractivity contribution >= 4 is 5.69 Å². The third-order valence-electron chi connectivity index (χ3n) is 5.11. The van der Waals surface area contributed by atoms with Crippen molar-refractivity contribution in [3.8, 4) is 28.6 Å². The fraction of sp³-hybridized carbons (Fsp3) is 0.286. The van der Waals surface area contributed by atoms with E-state index in [1.807, 2.05) is 25.1 Å². The lowest BCUT2D eigenvalue weighted by molar-refractivity contribution is -0.139. The molecule has 0 bridgehead atoms. The maximum Gasteiger partial charge on any atom is 0.419 e. The minimum Gasteiger partial charge on any atom is -0.490 e. The Morgan fingerprint density at radius 2 is 1.78 bits per heavy atom. The Hall–Kier alpha value is -3.85. The van der Waals surface area contributed by atoms with Gasteiger partial charge >= 0.3 is 6.18 Å². The molecule has 0 saturated heterocycles. The Kier molecular flexibility index (Phi) is 9.30. The summed E-state index contributed by atoms with van der Waals surface area (Å²) < 4.78 is 57.1. The SMILES string of the molecule is C=CC=C(C=C)COCC(C)Nc1ccc(-c2nc(-c3ccc(OC(C)C)c(C(F)(F)F)c3)no2)cc1. The topological polar surface area (TPSA) is 69.4 Å². The van der Waals surface area contributed by atoms with Crippen LogP contribution in [-0.4, -0.2) is 35.5 Å². The lowest BCUT2D eigenvalue weighted by Gasteiger charge is -2.16. The number of nitrogens with one attached hydrogen (secondary N) is 1. The van der Waals surface area contributed by atoms with Gasteiger partial charge in [-0.2, -0.15) is 18.2 Å². The van der Waals surface area contributed by atoms with Crippen LogP contribution in [-0.2, 0) is 10.9 Å². The Morgan fingerprint density at radius 3 is 2.41 bits per heavy atom. The van der Waals surface area contributed by atoms with Crippen LogP contribution >= 0.6 is 0 Å². The fourth-order valence-corrected chi connectivity index (χ4v) is 3.42. The number of hydrogen-bond donors (Lipinski definition) is 1. The molecule has 37 heavy (non-hydrogen) atoms. The lowest BCUT2D eigenvalue weighted by Crippen LogP contribution is -2.22. The number of allylic oxidation sites excluding steroid dienone is 2. The number of benzene rings is 2. The zero-order valence-electron chi connectivity index (χ0n) is 21.0. The Labute approximate surface area is 214 Å². The van der Waals surface area contributed by atoms with Crippen LogP contribution in [0.3, 0.4) is 0 Å². The second-order valence-electron chi connectivity index (χ2n) is 8.62. The van der Waals surface area contributed by atoms with E-state index in [4.69, 9.17) is 14.0 Å². The van der Waals surface area contributed by atoms with E-state index in [1.54, 1.807) is 38.1 Å². The van der Waals surface area contributed by atoms with E-state index in [0.717, 1.165) is 17.3 Å². The number of aromatic nitrogens is 2. The number of hydrogen-bond acceptors (Lipinski definition) is 6. The van der Waals surface area contributed by atoms with Gasteiger partial charge in [-0.15, -0.1) is 0 Å². The van der Waals surface area contributed by atoms with Gasteiger partial charge in [0, 0.05) is 22.9 Å². The summed E-state index contributed by atoms with van der Waals surface area (Å²) in [6, 6.07) is 11.0. The average molecular weight is 514 g/mol. The van der Waals surface area contributed by atoms with Crippen molar-refractivity contribution in [1.29, 1.82) is 0 Å². The molecular weight excluding hydrogens is 483 g/mol. The highest BCUT2D eigenvalue weighted by molar-refractivity contribution is 5.63. The van der Waals surface area contributed by atoms with Gasteiger partial charge in [0.1, 0.15) is 5.75 Å². The van der Waals surface area contributed by atoms with Crippen LogP contribution in [0.2, 0.25) is 0 Å². The Morgan fingerprint density at radius 1 is 1.08 bits per heavy atom. The van der Waals surface area contributed by atoms with E-state index in [9.17, 15) is 13.2 Å². The van der Waals surface area contributed by atoms with Crippen LogP contribution in [0, 0.1) is 0 Å². The van der Waals surface area contributed by atoms with Gasteiger partial charge in [-0.25, -0.2) is 0 Å². The molecule has 0 aliphatic rings. The Balaban J connectivity index is 1.67. The van der Waals surface area contributed by atoms with E-state index >= 15 is 0 Å². The smallest absolute Gasteiger partial charge is 0.419 e. The molecule has 2 aromatic carbocycles. The number of alkyl halides is 3. The predicted molar refractivity (Wildman–Crippen MR) is 138 cm³/mol. The number of rotatable bonds is 12. The van der Waals surface area contributed by atoms with E-state index in [-0.39, 0.29) is 29.1 Å². The first-order chi connectivity index (χ1) is 17.6. The normalized spacial score (nSPS) is 12.9. The van der Waals surface area contributed by atoms with Crippen molar-refractivity contribution in [3.63, 3.8) is 0 Å². The summed E-state index contributed by atoms with van der Waals surface area (Å²) in [4.78, 5) is 4.29. The van der Waals surface area contributed by atoms with Gasteiger partial charge in [-0.3, -0.25) is 0 Å². The molecule has 0 spiro atoms. The van der Waals surface area contributed by atoms with Gasteiger partial charge in [0.05, 0.1) is 24.9 Å². The molecule has 1 unspecified atom stereocenters. The van der Waals surface area contributed by atoms with Crippen LogP contribution in [0.25, 0.3) is 22.8 Å².